The zero-order valence-electron chi connectivity index (χ0n) is 16.9. The van der Waals surface area contributed by atoms with E-state index in [0.29, 0.717) is 21.4 Å². The van der Waals surface area contributed by atoms with Gasteiger partial charge in [0.05, 0.1) is 18.1 Å². The van der Waals surface area contributed by atoms with E-state index in [0.717, 1.165) is 17.7 Å². The van der Waals surface area contributed by atoms with Crippen LogP contribution in [0.4, 0.5) is 0 Å². The molecular weight excluding hydrogens is 418 g/mol. The average Bonchev–Trinajstić information content (AvgIpc) is 3.01. The molecule has 2 aromatic rings. The Morgan fingerprint density at radius 1 is 1.17 bits per heavy atom. The Morgan fingerprint density at radius 2 is 1.93 bits per heavy atom. The largest absolute Gasteiger partial charge is 0.494 e. The minimum absolute atomic E-state index is 0.220. The van der Waals surface area contributed by atoms with Gasteiger partial charge in [-0.1, -0.05) is 73.4 Å². The lowest BCUT2D eigenvalue weighted by molar-refractivity contribution is -0.151. The maximum atomic E-state index is 13.2. The van der Waals surface area contributed by atoms with Crippen LogP contribution in [0.25, 0.3) is 6.08 Å². The molecule has 1 fully saturated rings. The monoisotopic (exact) mass is 441 g/mol. The summed E-state index contributed by atoms with van der Waals surface area (Å²) in [6.45, 7) is 4.63. The number of carbonyl (C=O) groups excluding carboxylic acids is 2. The number of rotatable bonds is 8. The summed E-state index contributed by atoms with van der Waals surface area (Å²) in [4.78, 5) is 27.7. The lowest BCUT2D eigenvalue weighted by atomic mass is 10.1. The number of esters is 1. The molecule has 2 aromatic carbocycles. The van der Waals surface area contributed by atoms with Crippen molar-refractivity contribution < 1.29 is 19.1 Å². The first-order chi connectivity index (χ1) is 14.5. The van der Waals surface area contributed by atoms with E-state index in [2.05, 4.69) is 0 Å². The van der Waals surface area contributed by atoms with Gasteiger partial charge in [-0.25, -0.2) is 4.79 Å². The van der Waals surface area contributed by atoms with Crippen LogP contribution in [0.2, 0.25) is 0 Å². The molecule has 156 valence electrons. The molecule has 1 atom stereocenters. The van der Waals surface area contributed by atoms with Crippen LogP contribution in [0.1, 0.15) is 37.4 Å². The Labute approximate surface area is 186 Å². The number of ether oxygens (including phenoxy) is 2. The smallest absolute Gasteiger partial charge is 0.333 e. The average molecular weight is 442 g/mol. The second kappa shape index (κ2) is 10.4. The summed E-state index contributed by atoms with van der Waals surface area (Å²) in [7, 11) is 0. The maximum Gasteiger partial charge on any atom is 0.333 e. The van der Waals surface area contributed by atoms with Crippen molar-refractivity contribution in [1.82, 2.24) is 4.90 Å². The Morgan fingerprint density at radius 3 is 2.63 bits per heavy atom. The van der Waals surface area contributed by atoms with E-state index in [4.69, 9.17) is 21.7 Å². The molecule has 0 aliphatic carbocycles. The number of thioether (sulfide) groups is 1. The van der Waals surface area contributed by atoms with E-state index < -0.39 is 12.0 Å². The van der Waals surface area contributed by atoms with E-state index in [1.165, 1.54) is 16.7 Å². The Hall–Kier alpha value is -2.64. The molecule has 30 heavy (non-hydrogen) atoms. The van der Waals surface area contributed by atoms with E-state index in [1.54, 1.807) is 25.1 Å². The lowest BCUT2D eigenvalue weighted by Gasteiger charge is -2.25. The molecule has 5 nitrogen and oxygen atoms in total. The summed E-state index contributed by atoms with van der Waals surface area (Å²) in [5.41, 5.74) is 1.49. The van der Waals surface area contributed by atoms with Crippen LogP contribution in [-0.2, 0) is 14.3 Å². The van der Waals surface area contributed by atoms with Crippen molar-refractivity contribution in [2.24, 2.45) is 0 Å². The van der Waals surface area contributed by atoms with Crippen molar-refractivity contribution in [3.63, 3.8) is 0 Å². The highest BCUT2D eigenvalue weighted by Crippen LogP contribution is 2.39. The molecule has 1 heterocycles. The molecule has 1 saturated heterocycles. The number of amides is 1. The molecule has 0 radical (unpaired) electrons. The van der Waals surface area contributed by atoms with Crippen molar-refractivity contribution in [2.45, 2.75) is 26.3 Å². The highest BCUT2D eigenvalue weighted by Gasteiger charge is 2.42. The van der Waals surface area contributed by atoms with E-state index in [1.807, 2.05) is 49.4 Å². The van der Waals surface area contributed by atoms with Crippen LogP contribution >= 0.6 is 24.0 Å². The quantitative estimate of drug-likeness (QED) is 0.327. The molecule has 1 aliphatic rings. The standard InChI is InChI=1S/C23H23NO4S2/c1-3-13-28-18-12-8-9-16(14-18)15-19-21(25)24(23(29)30-19)20(22(26)27-4-2)17-10-6-5-7-11-17/h5-12,14-15,20H,3-4,13H2,1-2H3/b19-15+. The van der Waals surface area contributed by atoms with Gasteiger partial charge in [-0.05, 0) is 42.7 Å². The predicted octanol–water partition coefficient (Wildman–Crippen LogP) is 4.98. The van der Waals surface area contributed by atoms with Gasteiger partial charge in [0.2, 0.25) is 0 Å². The first kappa shape index (κ1) is 22.1. The van der Waals surface area contributed by atoms with Gasteiger partial charge >= 0.3 is 5.97 Å². The second-order valence-electron chi connectivity index (χ2n) is 6.54. The van der Waals surface area contributed by atoms with Crippen molar-refractivity contribution in [3.8, 4) is 5.75 Å². The summed E-state index contributed by atoms with van der Waals surface area (Å²) >= 11 is 6.65. The van der Waals surface area contributed by atoms with Gasteiger partial charge in [0.15, 0.2) is 6.04 Å². The number of carbonyl (C=O) groups is 2. The molecule has 7 heteroatoms. The van der Waals surface area contributed by atoms with Crippen molar-refractivity contribution in [3.05, 3.63) is 70.6 Å². The van der Waals surface area contributed by atoms with Gasteiger partial charge in [0, 0.05) is 0 Å². The molecular formula is C23H23NO4S2. The van der Waals surface area contributed by atoms with Crippen LogP contribution < -0.4 is 4.74 Å². The molecule has 3 rings (SSSR count). The first-order valence-electron chi connectivity index (χ1n) is 9.76. The Kier molecular flexibility index (Phi) is 7.65. The van der Waals surface area contributed by atoms with E-state index in [-0.39, 0.29) is 12.5 Å². The molecule has 0 saturated carbocycles. The molecule has 0 bridgehead atoms. The summed E-state index contributed by atoms with van der Waals surface area (Å²) in [6.07, 6.45) is 2.68. The summed E-state index contributed by atoms with van der Waals surface area (Å²) in [6, 6.07) is 15.7. The molecule has 0 aromatic heterocycles. The number of nitrogens with zero attached hydrogens (tertiary/aromatic N) is 1. The highest BCUT2D eigenvalue weighted by molar-refractivity contribution is 8.26. The van der Waals surface area contributed by atoms with Gasteiger partial charge in [-0.3, -0.25) is 9.69 Å². The van der Waals surface area contributed by atoms with E-state index >= 15 is 0 Å². The van der Waals surface area contributed by atoms with Crippen LogP contribution in [0.3, 0.4) is 0 Å². The van der Waals surface area contributed by atoms with Gasteiger partial charge in [-0.2, -0.15) is 0 Å². The molecule has 1 unspecified atom stereocenters. The maximum absolute atomic E-state index is 13.2. The van der Waals surface area contributed by atoms with Gasteiger partial charge in [-0.15, -0.1) is 0 Å². The third-order valence-corrected chi connectivity index (χ3v) is 5.67. The minimum atomic E-state index is -0.913. The van der Waals surface area contributed by atoms with Gasteiger partial charge in [0.1, 0.15) is 10.1 Å². The molecule has 1 aliphatic heterocycles. The number of thiocarbonyl (C=S) groups is 1. The van der Waals surface area contributed by atoms with Crippen molar-refractivity contribution in [1.29, 1.82) is 0 Å². The summed E-state index contributed by atoms with van der Waals surface area (Å²) in [5, 5.41) is 0. The highest BCUT2D eigenvalue weighted by atomic mass is 32.2. The SMILES string of the molecule is CCCOc1cccc(/C=C2/SC(=S)N(C(C(=O)OCC)c3ccccc3)C2=O)c1. The van der Waals surface area contributed by atoms with Crippen molar-refractivity contribution in [2.75, 3.05) is 13.2 Å². The fourth-order valence-corrected chi connectivity index (χ4v) is 4.33. The predicted molar refractivity (Wildman–Crippen MR) is 123 cm³/mol. The van der Waals surface area contributed by atoms with Crippen LogP contribution in [-0.4, -0.2) is 34.3 Å². The lowest BCUT2D eigenvalue weighted by Crippen LogP contribution is -2.38. The summed E-state index contributed by atoms with van der Waals surface area (Å²) in [5.74, 6) is -0.0715. The Balaban J connectivity index is 1.90. The zero-order valence-corrected chi connectivity index (χ0v) is 18.5. The van der Waals surface area contributed by atoms with Crippen LogP contribution in [0.5, 0.6) is 5.75 Å². The van der Waals surface area contributed by atoms with Crippen molar-refractivity contribution >= 4 is 46.3 Å². The third-order valence-electron chi connectivity index (χ3n) is 4.34. The normalized spacial score (nSPS) is 16.1. The van der Waals surface area contributed by atoms with Crippen LogP contribution in [0, 0.1) is 0 Å². The summed E-state index contributed by atoms with van der Waals surface area (Å²) < 4.78 is 11.2. The third kappa shape index (κ3) is 5.09. The second-order valence-corrected chi connectivity index (χ2v) is 8.21. The number of hydrogen-bond acceptors (Lipinski definition) is 6. The fraction of sp³-hybridized carbons (Fsp3) is 0.261. The first-order valence-corrected chi connectivity index (χ1v) is 11.0. The number of benzene rings is 2. The molecule has 1 amide bonds. The van der Waals surface area contributed by atoms with Gasteiger partial charge in [0.25, 0.3) is 5.91 Å². The fourth-order valence-electron chi connectivity index (χ4n) is 3.01. The minimum Gasteiger partial charge on any atom is -0.494 e. The Bertz CT molecular complexity index is 959. The molecule has 0 N–H and O–H groups in total. The van der Waals surface area contributed by atoms with Gasteiger partial charge < -0.3 is 9.47 Å². The van der Waals surface area contributed by atoms with Crippen LogP contribution in [0.15, 0.2) is 59.5 Å². The van der Waals surface area contributed by atoms with E-state index in [9.17, 15) is 9.59 Å². The number of hydrogen-bond donors (Lipinski definition) is 0. The molecule has 0 spiro atoms. The zero-order chi connectivity index (χ0) is 21.5. The topological polar surface area (TPSA) is 55.8 Å².